The van der Waals surface area contributed by atoms with Crippen molar-refractivity contribution >= 4 is 52.5 Å². The van der Waals surface area contributed by atoms with E-state index < -0.39 is 17.8 Å². The molecule has 4 aliphatic rings. The van der Waals surface area contributed by atoms with Crippen LogP contribution >= 0.6 is 23.1 Å². The summed E-state index contributed by atoms with van der Waals surface area (Å²) in [5.41, 5.74) is 1.42. The maximum Gasteiger partial charge on any atom is 0.305 e. The first kappa shape index (κ1) is 28.7. The van der Waals surface area contributed by atoms with Crippen molar-refractivity contribution in [2.24, 2.45) is 29.6 Å². The van der Waals surface area contributed by atoms with Crippen LogP contribution < -0.4 is 19.7 Å². The van der Waals surface area contributed by atoms with Gasteiger partial charge < -0.3 is 24.9 Å². The van der Waals surface area contributed by atoms with E-state index >= 15 is 0 Å². The first-order valence-electron chi connectivity index (χ1n) is 14.4. The third kappa shape index (κ3) is 4.69. The number of carbonyl (C=O) groups excluding carboxylic acids is 3. The molecule has 2 aliphatic carbocycles. The molecule has 7 atom stereocenters. The van der Waals surface area contributed by atoms with Crippen LogP contribution in [-0.2, 0) is 19.2 Å². The number of H-pyrrole nitrogens is 1. The highest BCUT2D eigenvalue weighted by atomic mass is 32.2. The molecule has 2 saturated carbocycles. The molecule has 0 radical (unpaired) electrons. The molecule has 3 fully saturated rings. The SMILES string of the molecule is COc1ccc(NC(=O)COc2ccccc2[C@H]2c3sc(=O)[nH]c3SC3C4CC(C5C(=O)N(CCC(=O)O)C(=O)C45)C32)cc1. The van der Waals surface area contributed by atoms with Gasteiger partial charge in [0.05, 0.1) is 30.4 Å². The lowest BCUT2D eigenvalue weighted by Gasteiger charge is -2.43. The lowest BCUT2D eigenvalue weighted by molar-refractivity contribution is -0.142. The number of likely N-dealkylation sites (tertiary alicyclic amines) is 1. The molecule has 3 amide bonds. The summed E-state index contributed by atoms with van der Waals surface area (Å²) in [6.07, 6.45) is 0.427. The van der Waals surface area contributed by atoms with Gasteiger partial charge in [-0.2, -0.15) is 0 Å². The largest absolute Gasteiger partial charge is 0.497 e. The normalized spacial score (nSPS) is 27.9. The zero-order valence-corrected chi connectivity index (χ0v) is 25.2. The predicted octanol–water partition coefficient (Wildman–Crippen LogP) is 3.41. The summed E-state index contributed by atoms with van der Waals surface area (Å²) in [7, 11) is 1.57. The molecular formula is C31H29N3O8S2. The minimum Gasteiger partial charge on any atom is -0.497 e. The van der Waals surface area contributed by atoms with Crippen molar-refractivity contribution in [3.8, 4) is 11.5 Å². The van der Waals surface area contributed by atoms with Crippen molar-refractivity contribution < 1.29 is 33.8 Å². The van der Waals surface area contributed by atoms with E-state index in [1.54, 1.807) is 49.2 Å². The number of benzene rings is 2. The highest BCUT2D eigenvalue weighted by Crippen LogP contribution is 2.69. The van der Waals surface area contributed by atoms with Gasteiger partial charge >= 0.3 is 10.8 Å². The van der Waals surface area contributed by atoms with Gasteiger partial charge in [0.25, 0.3) is 5.91 Å². The number of methoxy groups -OCH3 is 1. The second-order valence-corrected chi connectivity index (χ2v) is 13.7. The van der Waals surface area contributed by atoms with Crippen molar-refractivity contribution in [3.63, 3.8) is 0 Å². The van der Waals surface area contributed by atoms with Gasteiger partial charge in [-0.15, -0.1) is 11.8 Å². The number of nitrogens with one attached hydrogen (secondary N) is 2. The smallest absolute Gasteiger partial charge is 0.305 e. The average Bonchev–Trinajstić information content (AvgIpc) is 3.74. The minimum absolute atomic E-state index is 0.0217. The number of hydrogen-bond acceptors (Lipinski definition) is 9. The number of carbonyl (C=O) groups is 4. The number of imide groups is 1. The molecule has 0 spiro atoms. The van der Waals surface area contributed by atoms with Gasteiger partial charge in [-0.1, -0.05) is 29.5 Å². The van der Waals surface area contributed by atoms with Crippen molar-refractivity contribution in [3.05, 3.63) is 68.6 Å². The minimum atomic E-state index is -1.06. The molecule has 2 aromatic carbocycles. The Morgan fingerprint density at radius 1 is 1.05 bits per heavy atom. The maximum absolute atomic E-state index is 13.6. The fourth-order valence-electron chi connectivity index (χ4n) is 7.74. The molecule has 7 rings (SSSR count). The molecule has 3 aromatic rings. The lowest BCUT2D eigenvalue weighted by Crippen LogP contribution is -2.42. The van der Waals surface area contributed by atoms with E-state index in [1.807, 2.05) is 18.2 Å². The van der Waals surface area contributed by atoms with Crippen LogP contribution in [0.4, 0.5) is 5.69 Å². The molecule has 228 valence electrons. The summed E-state index contributed by atoms with van der Waals surface area (Å²) in [5, 5.41) is 12.7. The van der Waals surface area contributed by atoms with Crippen LogP contribution in [0.15, 0.2) is 58.4 Å². The number of carboxylic acids is 1. The third-order valence-electron chi connectivity index (χ3n) is 9.35. The molecule has 13 heteroatoms. The number of para-hydroxylation sites is 1. The fourth-order valence-corrected chi connectivity index (χ4v) is 10.6. The lowest BCUT2D eigenvalue weighted by atomic mass is 9.68. The Bertz CT molecular complexity index is 1720. The van der Waals surface area contributed by atoms with Gasteiger partial charge in [-0.05, 0) is 54.5 Å². The Hall–Kier alpha value is -4.10. The number of aliphatic carboxylic acids is 1. The van der Waals surface area contributed by atoms with E-state index in [1.165, 1.54) is 0 Å². The number of fused-ring (bicyclic) bond motifs is 9. The van der Waals surface area contributed by atoms with Crippen molar-refractivity contribution in [2.75, 3.05) is 25.6 Å². The number of carboxylic acid groups (broad SMARTS) is 1. The van der Waals surface area contributed by atoms with Crippen LogP contribution in [0.5, 0.6) is 11.5 Å². The number of ether oxygens (including phenoxy) is 2. The van der Waals surface area contributed by atoms with Crippen molar-refractivity contribution in [1.29, 1.82) is 0 Å². The molecule has 6 unspecified atom stereocenters. The van der Waals surface area contributed by atoms with Gasteiger partial charge in [0.1, 0.15) is 11.5 Å². The first-order valence-corrected chi connectivity index (χ1v) is 16.1. The maximum atomic E-state index is 13.6. The summed E-state index contributed by atoms with van der Waals surface area (Å²) in [6, 6.07) is 14.4. The van der Waals surface area contributed by atoms with Gasteiger partial charge in [-0.3, -0.25) is 28.9 Å². The highest BCUT2D eigenvalue weighted by Gasteiger charge is 2.69. The number of hydrogen-bond donors (Lipinski definition) is 3. The molecule has 44 heavy (non-hydrogen) atoms. The average molecular weight is 636 g/mol. The standard InChI is InChI=1S/C31H29N3O8S2/c1-41-15-8-6-14(7-9-15)32-20(35)13-42-19-5-3-2-4-16(19)22-23-17-12-18(26(23)43-28-27(22)44-31(40)33-28)25-24(17)29(38)34(30(25)39)11-10-21(36)37/h2-9,17-18,22-26H,10-13H2,1H3,(H,32,35)(H,33,40)(H,36,37)/t17?,18?,22-,23?,24?,25?,26?/m1/s1. The van der Waals surface area contributed by atoms with Crippen LogP contribution in [0, 0.1) is 29.6 Å². The van der Waals surface area contributed by atoms with E-state index in [0.717, 1.165) is 31.7 Å². The molecule has 2 aliphatic heterocycles. The molecular weight excluding hydrogens is 606 g/mol. The highest BCUT2D eigenvalue weighted by molar-refractivity contribution is 8.00. The van der Waals surface area contributed by atoms with Crippen LogP contribution in [0.1, 0.15) is 29.2 Å². The third-order valence-corrected chi connectivity index (χ3v) is 11.9. The van der Waals surface area contributed by atoms with Gasteiger partial charge in [0.15, 0.2) is 6.61 Å². The Morgan fingerprint density at radius 3 is 2.50 bits per heavy atom. The summed E-state index contributed by atoms with van der Waals surface area (Å²) < 4.78 is 11.3. The number of anilines is 1. The summed E-state index contributed by atoms with van der Waals surface area (Å²) in [6.45, 7) is -0.363. The Morgan fingerprint density at radius 2 is 1.77 bits per heavy atom. The van der Waals surface area contributed by atoms with Crippen LogP contribution in [0.25, 0.3) is 0 Å². The summed E-state index contributed by atoms with van der Waals surface area (Å²) >= 11 is 2.72. The number of rotatable bonds is 9. The van der Waals surface area contributed by atoms with Crippen LogP contribution in [0.2, 0.25) is 0 Å². The summed E-state index contributed by atoms with van der Waals surface area (Å²) in [4.78, 5) is 68.4. The van der Waals surface area contributed by atoms with Crippen LogP contribution in [-0.4, -0.2) is 64.2 Å². The van der Waals surface area contributed by atoms with Crippen molar-refractivity contribution in [2.45, 2.75) is 29.0 Å². The topological polar surface area (TPSA) is 155 Å². The molecule has 11 nitrogen and oxygen atoms in total. The number of aromatic amines is 1. The molecule has 3 heterocycles. The predicted molar refractivity (Wildman–Crippen MR) is 161 cm³/mol. The fraction of sp³-hybridized carbons (Fsp3) is 0.387. The number of aromatic nitrogens is 1. The van der Waals surface area contributed by atoms with Gasteiger partial charge in [0, 0.05) is 33.8 Å². The number of thiazole rings is 1. The van der Waals surface area contributed by atoms with Crippen LogP contribution in [0.3, 0.4) is 0 Å². The quantitative estimate of drug-likeness (QED) is 0.300. The first-order chi connectivity index (χ1) is 21.2. The Balaban J connectivity index is 1.18. The second-order valence-electron chi connectivity index (χ2n) is 11.5. The number of thioether (sulfide) groups is 1. The Kier molecular flexibility index (Phi) is 7.24. The molecule has 3 N–H and O–H groups in total. The van der Waals surface area contributed by atoms with Crippen molar-refractivity contribution in [1.82, 2.24) is 9.88 Å². The zero-order valence-electron chi connectivity index (χ0n) is 23.6. The van der Waals surface area contributed by atoms with E-state index in [2.05, 4.69) is 10.3 Å². The second kappa shape index (κ2) is 11.1. The molecule has 2 bridgehead atoms. The summed E-state index contributed by atoms with van der Waals surface area (Å²) in [5.74, 6) is -2.29. The van der Waals surface area contributed by atoms with Gasteiger partial charge in [-0.25, -0.2) is 0 Å². The van der Waals surface area contributed by atoms with E-state index in [0.29, 0.717) is 23.6 Å². The van der Waals surface area contributed by atoms with E-state index in [9.17, 15) is 24.0 Å². The molecule has 1 saturated heterocycles. The monoisotopic (exact) mass is 635 g/mol. The zero-order chi connectivity index (χ0) is 30.7. The molecule has 1 aromatic heterocycles. The Labute approximate surface area is 259 Å². The van der Waals surface area contributed by atoms with E-state index in [4.69, 9.17) is 14.6 Å². The number of nitrogens with zero attached hydrogens (tertiary/aromatic N) is 1. The number of amides is 3. The van der Waals surface area contributed by atoms with Gasteiger partial charge in [0.2, 0.25) is 11.8 Å². The van der Waals surface area contributed by atoms with E-state index in [-0.39, 0.29) is 71.1 Å².